The van der Waals surface area contributed by atoms with E-state index in [2.05, 4.69) is 15.2 Å². The largest absolute Gasteiger partial charge is 0.459 e. The van der Waals surface area contributed by atoms with E-state index in [1.807, 2.05) is 6.07 Å². The number of aromatic nitrogens is 1. The summed E-state index contributed by atoms with van der Waals surface area (Å²) in [5.74, 6) is 0.117. The summed E-state index contributed by atoms with van der Waals surface area (Å²) in [6, 6.07) is 5.22. The van der Waals surface area contributed by atoms with Crippen molar-refractivity contribution in [3.05, 3.63) is 48.2 Å². The lowest BCUT2D eigenvalue weighted by atomic mass is 10.2. The first-order chi connectivity index (χ1) is 13.2. The Kier molecular flexibility index (Phi) is 6.43. The van der Waals surface area contributed by atoms with Crippen molar-refractivity contribution in [3.63, 3.8) is 0 Å². The van der Waals surface area contributed by atoms with Gasteiger partial charge in [-0.2, -0.15) is 0 Å². The second-order valence-corrected chi connectivity index (χ2v) is 6.29. The van der Waals surface area contributed by atoms with Gasteiger partial charge in [0.2, 0.25) is 0 Å². The fourth-order valence-electron chi connectivity index (χ4n) is 2.97. The van der Waals surface area contributed by atoms with E-state index in [-0.39, 0.29) is 11.8 Å². The molecule has 0 bridgehead atoms. The van der Waals surface area contributed by atoms with Crippen LogP contribution in [-0.2, 0) is 4.74 Å². The van der Waals surface area contributed by atoms with E-state index in [4.69, 9.17) is 9.15 Å². The normalized spacial score (nSPS) is 14.3. The average molecular weight is 372 g/mol. The van der Waals surface area contributed by atoms with Gasteiger partial charge in [-0.1, -0.05) is 0 Å². The summed E-state index contributed by atoms with van der Waals surface area (Å²) in [4.78, 5) is 32.7. The van der Waals surface area contributed by atoms with Crippen LogP contribution in [0.1, 0.15) is 27.3 Å². The van der Waals surface area contributed by atoms with Crippen LogP contribution in [-0.4, -0.2) is 68.1 Å². The van der Waals surface area contributed by atoms with Crippen molar-refractivity contribution in [2.45, 2.75) is 6.42 Å². The van der Waals surface area contributed by atoms with Gasteiger partial charge in [-0.15, -0.1) is 0 Å². The molecule has 1 fully saturated rings. The van der Waals surface area contributed by atoms with Crippen LogP contribution in [0, 0.1) is 0 Å². The lowest BCUT2D eigenvalue weighted by Crippen LogP contribution is -2.48. The van der Waals surface area contributed by atoms with E-state index >= 15 is 0 Å². The van der Waals surface area contributed by atoms with E-state index in [0.717, 1.165) is 12.1 Å². The number of anilines is 1. The molecule has 1 saturated heterocycles. The minimum absolute atomic E-state index is 0.0954. The second kappa shape index (κ2) is 9.18. The number of methoxy groups -OCH3 is 1. The maximum atomic E-state index is 12.3. The van der Waals surface area contributed by atoms with Gasteiger partial charge in [0.15, 0.2) is 5.76 Å². The maximum absolute atomic E-state index is 12.3. The summed E-state index contributed by atoms with van der Waals surface area (Å²) in [5, 5.41) is 2.86. The molecule has 1 N–H and O–H groups in total. The van der Waals surface area contributed by atoms with E-state index < -0.39 is 0 Å². The number of hydrogen-bond acceptors (Lipinski definition) is 6. The molecule has 0 unspecified atom stereocenters. The molecule has 0 atom stereocenters. The second-order valence-electron chi connectivity index (χ2n) is 6.29. The lowest BCUT2D eigenvalue weighted by Gasteiger charge is -2.35. The number of pyridine rings is 1. The molecular weight excluding hydrogens is 348 g/mol. The molecule has 2 aromatic rings. The molecule has 0 aliphatic carbocycles. The minimum atomic E-state index is -0.146. The maximum Gasteiger partial charge on any atom is 0.289 e. The van der Waals surface area contributed by atoms with Gasteiger partial charge < -0.3 is 24.3 Å². The Morgan fingerprint density at radius 3 is 2.78 bits per heavy atom. The first kappa shape index (κ1) is 18.9. The smallest absolute Gasteiger partial charge is 0.289 e. The van der Waals surface area contributed by atoms with Crippen molar-refractivity contribution in [1.82, 2.24) is 15.2 Å². The lowest BCUT2D eigenvalue weighted by molar-refractivity contribution is 0.0714. The Morgan fingerprint density at radius 2 is 2.07 bits per heavy atom. The number of amides is 2. The minimum Gasteiger partial charge on any atom is -0.459 e. The van der Waals surface area contributed by atoms with Crippen LogP contribution in [0.5, 0.6) is 0 Å². The molecule has 0 aromatic carbocycles. The van der Waals surface area contributed by atoms with Crippen LogP contribution in [0.3, 0.4) is 0 Å². The number of carbonyl (C=O) groups excluding carboxylic acids is 2. The highest BCUT2D eigenvalue weighted by Crippen LogP contribution is 2.18. The number of nitrogens with one attached hydrogen (secondary N) is 1. The molecule has 3 heterocycles. The van der Waals surface area contributed by atoms with Crippen molar-refractivity contribution >= 4 is 17.5 Å². The molecule has 1 aliphatic heterocycles. The molecule has 0 saturated carbocycles. The fourth-order valence-corrected chi connectivity index (χ4v) is 2.97. The molecule has 2 amide bonds. The van der Waals surface area contributed by atoms with Crippen LogP contribution < -0.4 is 10.2 Å². The van der Waals surface area contributed by atoms with Gasteiger partial charge in [-0.05, 0) is 24.6 Å². The van der Waals surface area contributed by atoms with Gasteiger partial charge in [-0.25, -0.2) is 0 Å². The SMILES string of the molecule is COCCCNC(=O)c1cncc(N2CCN(C(=O)c3ccco3)CC2)c1. The number of hydrogen-bond donors (Lipinski definition) is 1. The average Bonchev–Trinajstić information content (AvgIpc) is 3.25. The third-order valence-corrected chi connectivity index (χ3v) is 4.46. The Morgan fingerprint density at radius 1 is 1.26 bits per heavy atom. The van der Waals surface area contributed by atoms with Gasteiger partial charge in [0, 0.05) is 52.6 Å². The molecule has 144 valence electrons. The first-order valence-corrected chi connectivity index (χ1v) is 8.99. The topological polar surface area (TPSA) is 87.9 Å². The molecule has 0 radical (unpaired) electrons. The number of nitrogens with zero attached hydrogens (tertiary/aromatic N) is 3. The number of rotatable bonds is 7. The summed E-state index contributed by atoms with van der Waals surface area (Å²) >= 11 is 0. The number of furan rings is 1. The molecule has 27 heavy (non-hydrogen) atoms. The molecule has 2 aromatic heterocycles. The van der Waals surface area contributed by atoms with E-state index in [0.29, 0.717) is 50.7 Å². The van der Waals surface area contributed by atoms with Crippen LogP contribution >= 0.6 is 0 Å². The highest BCUT2D eigenvalue weighted by molar-refractivity contribution is 5.94. The number of piperazine rings is 1. The fraction of sp³-hybridized carbons (Fsp3) is 0.421. The van der Waals surface area contributed by atoms with E-state index in [1.165, 1.54) is 6.26 Å². The summed E-state index contributed by atoms with van der Waals surface area (Å²) < 4.78 is 10.2. The van der Waals surface area contributed by atoms with Crippen LogP contribution in [0.2, 0.25) is 0 Å². The molecular formula is C19H24N4O4. The number of ether oxygens (including phenoxy) is 1. The van der Waals surface area contributed by atoms with Crippen LogP contribution in [0.15, 0.2) is 41.3 Å². The standard InChI is InChI=1S/C19H24N4O4/c1-26-10-3-5-21-18(24)15-12-16(14-20-13-15)22-6-8-23(9-7-22)19(25)17-4-2-11-27-17/h2,4,11-14H,3,5-10H2,1H3,(H,21,24). The Hall–Kier alpha value is -2.87. The van der Waals surface area contributed by atoms with Crippen molar-refractivity contribution in [2.24, 2.45) is 0 Å². The zero-order valence-electron chi connectivity index (χ0n) is 15.4. The van der Waals surface area contributed by atoms with Crippen LogP contribution in [0.4, 0.5) is 5.69 Å². The van der Waals surface area contributed by atoms with Crippen molar-refractivity contribution < 1.29 is 18.7 Å². The summed E-state index contributed by atoms with van der Waals surface area (Å²) in [7, 11) is 1.64. The summed E-state index contributed by atoms with van der Waals surface area (Å²) in [6.45, 7) is 3.70. The first-order valence-electron chi connectivity index (χ1n) is 8.99. The molecule has 1 aliphatic rings. The zero-order valence-corrected chi connectivity index (χ0v) is 15.4. The highest BCUT2D eigenvalue weighted by atomic mass is 16.5. The van der Waals surface area contributed by atoms with Gasteiger partial charge in [0.25, 0.3) is 11.8 Å². The van der Waals surface area contributed by atoms with Gasteiger partial charge in [0.05, 0.1) is 23.7 Å². The van der Waals surface area contributed by atoms with Gasteiger partial charge in [0.1, 0.15) is 0 Å². The Balaban J connectivity index is 1.55. The van der Waals surface area contributed by atoms with Gasteiger partial charge in [-0.3, -0.25) is 14.6 Å². The highest BCUT2D eigenvalue weighted by Gasteiger charge is 2.24. The number of carbonyl (C=O) groups is 2. The Bertz CT molecular complexity index is 755. The monoisotopic (exact) mass is 372 g/mol. The predicted molar refractivity (Wildman–Crippen MR) is 99.9 cm³/mol. The van der Waals surface area contributed by atoms with Crippen LogP contribution in [0.25, 0.3) is 0 Å². The van der Waals surface area contributed by atoms with E-state index in [1.54, 1.807) is 36.5 Å². The van der Waals surface area contributed by atoms with E-state index in [9.17, 15) is 9.59 Å². The third kappa shape index (κ3) is 4.85. The molecule has 0 spiro atoms. The Labute approximate surface area is 158 Å². The van der Waals surface area contributed by atoms with Crippen molar-refractivity contribution in [2.75, 3.05) is 51.3 Å². The molecule has 3 rings (SSSR count). The zero-order chi connectivity index (χ0) is 19.1. The summed E-state index contributed by atoms with van der Waals surface area (Å²) in [5.41, 5.74) is 1.41. The molecule has 8 nitrogen and oxygen atoms in total. The predicted octanol–water partition coefficient (Wildman–Crippen LogP) is 1.40. The van der Waals surface area contributed by atoms with Crippen molar-refractivity contribution in [1.29, 1.82) is 0 Å². The van der Waals surface area contributed by atoms with Gasteiger partial charge >= 0.3 is 0 Å². The quantitative estimate of drug-likeness (QED) is 0.740. The third-order valence-electron chi connectivity index (χ3n) is 4.46. The van der Waals surface area contributed by atoms with Crippen molar-refractivity contribution in [3.8, 4) is 0 Å². The molecule has 8 heteroatoms. The summed E-state index contributed by atoms with van der Waals surface area (Å²) in [6.07, 6.45) is 5.57.